The van der Waals surface area contributed by atoms with E-state index >= 15 is 0 Å². The molecule has 0 saturated carbocycles. The van der Waals surface area contributed by atoms with Gasteiger partial charge < -0.3 is 16.0 Å². The molecule has 0 radical (unpaired) electrons. The molecule has 0 saturated heterocycles. The van der Waals surface area contributed by atoms with Crippen LogP contribution in [0.2, 0.25) is 0 Å². The van der Waals surface area contributed by atoms with Gasteiger partial charge in [-0.05, 0) is 29.7 Å². The Balaban J connectivity index is 0.00000392. The van der Waals surface area contributed by atoms with E-state index in [1.165, 1.54) is 18.1 Å². The Labute approximate surface area is 185 Å². The van der Waals surface area contributed by atoms with Crippen LogP contribution in [0.5, 0.6) is 0 Å². The largest absolute Gasteiger partial charge is 0.356 e. The Bertz CT molecular complexity index is 758. The topological polar surface area (TPSA) is 65.5 Å². The molecular weight excluding hydrogens is 463 g/mol. The van der Waals surface area contributed by atoms with Crippen molar-refractivity contribution < 1.29 is 4.79 Å². The molecule has 0 aromatic heterocycles. The van der Waals surface area contributed by atoms with Crippen LogP contribution in [0, 0.1) is 0 Å². The molecule has 0 aliphatic heterocycles. The number of rotatable bonds is 7. The molecule has 0 bridgehead atoms. The highest BCUT2D eigenvalue weighted by Crippen LogP contribution is 2.21. The molecule has 2 aromatic rings. The monoisotopic (exact) mass is 494 g/mol. The third-order valence-electron chi connectivity index (χ3n) is 4.46. The predicted molar refractivity (Wildman–Crippen MR) is 129 cm³/mol. The number of carbonyl (C=O) groups is 1. The van der Waals surface area contributed by atoms with Gasteiger partial charge in [-0.15, -0.1) is 24.0 Å². The zero-order chi connectivity index (χ0) is 19.7. The second-order valence-electron chi connectivity index (χ2n) is 7.23. The van der Waals surface area contributed by atoms with E-state index in [-0.39, 0.29) is 35.3 Å². The lowest BCUT2D eigenvalue weighted by molar-refractivity contribution is -0.114. The van der Waals surface area contributed by atoms with E-state index in [4.69, 9.17) is 0 Å². The van der Waals surface area contributed by atoms with E-state index in [9.17, 15) is 4.79 Å². The van der Waals surface area contributed by atoms with E-state index in [0.717, 1.165) is 31.2 Å². The Morgan fingerprint density at radius 1 is 1.00 bits per heavy atom. The quantitative estimate of drug-likeness (QED) is 0.310. The summed E-state index contributed by atoms with van der Waals surface area (Å²) in [5.41, 5.74) is 3.34. The SMILES string of the molecule is CN=C(NCCc1ccc(NC(C)=O)cc1)NCC(C)(C)c1ccccc1.I. The second kappa shape index (κ2) is 11.7. The van der Waals surface area contributed by atoms with Crippen molar-refractivity contribution >= 4 is 41.5 Å². The molecule has 0 fully saturated rings. The van der Waals surface area contributed by atoms with Crippen molar-refractivity contribution in [1.29, 1.82) is 0 Å². The zero-order valence-corrected chi connectivity index (χ0v) is 19.4. The van der Waals surface area contributed by atoms with E-state index in [0.29, 0.717) is 0 Å². The highest BCUT2D eigenvalue weighted by Gasteiger charge is 2.20. The summed E-state index contributed by atoms with van der Waals surface area (Å²) in [6.45, 7) is 7.53. The third kappa shape index (κ3) is 7.88. The van der Waals surface area contributed by atoms with Crippen LogP contribution < -0.4 is 16.0 Å². The predicted octanol–water partition coefficient (Wildman–Crippen LogP) is 3.95. The average Bonchev–Trinajstić information content (AvgIpc) is 2.66. The van der Waals surface area contributed by atoms with E-state index in [1.54, 1.807) is 7.05 Å². The summed E-state index contributed by atoms with van der Waals surface area (Å²) < 4.78 is 0. The number of nitrogens with zero attached hydrogens (tertiary/aromatic N) is 1. The summed E-state index contributed by atoms with van der Waals surface area (Å²) in [5.74, 6) is 0.742. The first kappa shape index (κ1) is 23.9. The van der Waals surface area contributed by atoms with E-state index in [1.807, 2.05) is 30.3 Å². The molecule has 0 unspecified atom stereocenters. The number of hydrogen-bond donors (Lipinski definition) is 3. The molecule has 28 heavy (non-hydrogen) atoms. The van der Waals surface area contributed by atoms with Crippen molar-refractivity contribution in [2.75, 3.05) is 25.5 Å². The first-order chi connectivity index (χ1) is 12.9. The number of amides is 1. The lowest BCUT2D eigenvalue weighted by Crippen LogP contribution is -2.44. The summed E-state index contributed by atoms with van der Waals surface area (Å²) in [4.78, 5) is 15.4. The lowest BCUT2D eigenvalue weighted by Gasteiger charge is -2.26. The summed E-state index contributed by atoms with van der Waals surface area (Å²) in [7, 11) is 1.78. The van der Waals surface area contributed by atoms with Crippen LogP contribution in [0.25, 0.3) is 0 Å². The molecule has 3 N–H and O–H groups in total. The average molecular weight is 494 g/mol. The van der Waals surface area contributed by atoms with E-state index < -0.39 is 0 Å². The fraction of sp³-hybridized carbons (Fsp3) is 0.364. The normalized spacial score (nSPS) is 11.4. The third-order valence-corrected chi connectivity index (χ3v) is 4.46. The summed E-state index contributed by atoms with van der Waals surface area (Å²) in [6, 6.07) is 18.4. The van der Waals surface area contributed by atoms with Crippen LogP contribution in [-0.2, 0) is 16.6 Å². The molecule has 0 spiro atoms. The molecule has 6 heteroatoms. The van der Waals surface area contributed by atoms with Gasteiger partial charge in [-0.3, -0.25) is 9.79 Å². The molecule has 0 aliphatic rings. The number of aliphatic imine (C=N–C) groups is 1. The van der Waals surface area contributed by atoms with Crippen molar-refractivity contribution in [3.8, 4) is 0 Å². The van der Waals surface area contributed by atoms with Crippen LogP contribution in [-0.4, -0.2) is 32.0 Å². The van der Waals surface area contributed by atoms with Crippen molar-refractivity contribution in [1.82, 2.24) is 10.6 Å². The molecule has 2 rings (SSSR count). The van der Waals surface area contributed by atoms with Crippen molar-refractivity contribution in [3.63, 3.8) is 0 Å². The summed E-state index contributed by atoms with van der Waals surface area (Å²) in [5, 5.41) is 9.55. The Morgan fingerprint density at radius 2 is 1.64 bits per heavy atom. The van der Waals surface area contributed by atoms with Crippen LogP contribution in [0.15, 0.2) is 59.6 Å². The Hall–Kier alpha value is -2.09. The van der Waals surface area contributed by atoms with Crippen LogP contribution in [0.3, 0.4) is 0 Å². The number of guanidine groups is 1. The summed E-state index contributed by atoms with van der Waals surface area (Å²) in [6.07, 6.45) is 0.878. The van der Waals surface area contributed by atoms with Gasteiger partial charge in [0.15, 0.2) is 5.96 Å². The first-order valence-electron chi connectivity index (χ1n) is 9.27. The highest BCUT2D eigenvalue weighted by atomic mass is 127. The molecule has 1 amide bonds. The van der Waals surface area contributed by atoms with Crippen molar-refractivity contribution in [3.05, 3.63) is 65.7 Å². The zero-order valence-electron chi connectivity index (χ0n) is 17.1. The first-order valence-corrected chi connectivity index (χ1v) is 9.27. The van der Waals surface area contributed by atoms with Crippen LogP contribution >= 0.6 is 24.0 Å². The molecular formula is C22H31IN4O. The maximum Gasteiger partial charge on any atom is 0.221 e. The van der Waals surface area contributed by atoms with Gasteiger partial charge in [0.05, 0.1) is 0 Å². The van der Waals surface area contributed by atoms with Gasteiger partial charge in [0.2, 0.25) is 5.91 Å². The Kier molecular flexibility index (Phi) is 9.99. The maximum atomic E-state index is 11.1. The minimum atomic E-state index is -0.0577. The van der Waals surface area contributed by atoms with Gasteiger partial charge in [0.25, 0.3) is 0 Å². The van der Waals surface area contributed by atoms with Gasteiger partial charge in [-0.2, -0.15) is 0 Å². The smallest absolute Gasteiger partial charge is 0.221 e. The lowest BCUT2D eigenvalue weighted by atomic mass is 9.85. The minimum Gasteiger partial charge on any atom is -0.356 e. The van der Waals surface area contributed by atoms with E-state index in [2.05, 4.69) is 59.1 Å². The molecule has 5 nitrogen and oxygen atoms in total. The van der Waals surface area contributed by atoms with Gasteiger partial charge in [0, 0.05) is 38.2 Å². The number of nitrogens with one attached hydrogen (secondary N) is 3. The number of benzene rings is 2. The molecule has 0 heterocycles. The van der Waals surface area contributed by atoms with Crippen molar-refractivity contribution in [2.45, 2.75) is 32.6 Å². The number of anilines is 1. The summed E-state index contributed by atoms with van der Waals surface area (Å²) >= 11 is 0. The van der Waals surface area contributed by atoms with Crippen molar-refractivity contribution in [2.24, 2.45) is 4.99 Å². The second-order valence-corrected chi connectivity index (χ2v) is 7.23. The number of hydrogen-bond acceptors (Lipinski definition) is 2. The number of carbonyl (C=O) groups excluding carboxylic acids is 1. The molecule has 2 aromatic carbocycles. The maximum absolute atomic E-state index is 11.1. The minimum absolute atomic E-state index is 0. The molecule has 0 aliphatic carbocycles. The van der Waals surface area contributed by atoms with Gasteiger partial charge >= 0.3 is 0 Å². The molecule has 0 atom stereocenters. The van der Waals surface area contributed by atoms with Crippen LogP contribution in [0.1, 0.15) is 31.9 Å². The fourth-order valence-corrected chi connectivity index (χ4v) is 2.80. The Morgan fingerprint density at radius 3 is 2.21 bits per heavy atom. The van der Waals surface area contributed by atoms with Gasteiger partial charge in [0.1, 0.15) is 0 Å². The fourth-order valence-electron chi connectivity index (χ4n) is 2.80. The van der Waals surface area contributed by atoms with Gasteiger partial charge in [-0.25, -0.2) is 0 Å². The standard InChI is InChI=1S/C22H30N4O.HI/c1-17(27)26-20-12-10-18(11-13-20)14-15-24-21(23-4)25-16-22(2,3)19-8-6-5-7-9-19;/h5-13H,14-16H2,1-4H3,(H,26,27)(H2,23,24,25);1H. The highest BCUT2D eigenvalue weighted by molar-refractivity contribution is 14.0. The van der Waals surface area contributed by atoms with Crippen LogP contribution in [0.4, 0.5) is 5.69 Å². The molecule has 152 valence electrons. The van der Waals surface area contributed by atoms with Gasteiger partial charge in [-0.1, -0.05) is 56.3 Å². The number of halogens is 1.